The number of hydrogen-bond donors (Lipinski definition) is 1. The van der Waals surface area contributed by atoms with E-state index in [1.54, 1.807) is 12.3 Å². The van der Waals surface area contributed by atoms with E-state index in [0.29, 0.717) is 11.4 Å². The molecule has 0 amide bonds. The molecule has 5 heteroatoms. The van der Waals surface area contributed by atoms with Crippen molar-refractivity contribution in [2.24, 2.45) is 0 Å². The van der Waals surface area contributed by atoms with Gasteiger partial charge in [-0.05, 0) is 31.5 Å². The summed E-state index contributed by atoms with van der Waals surface area (Å²) in [6.45, 7) is 8.75. The number of anilines is 1. The first-order valence-corrected chi connectivity index (χ1v) is 6.79. The van der Waals surface area contributed by atoms with Gasteiger partial charge in [-0.2, -0.15) is 0 Å². The number of pyridine rings is 1. The highest BCUT2D eigenvalue weighted by Crippen LogP contribution is 2.22. The van der Waals surface area contributed by atoms with Gasteiger partial charge in [-0.1, -0.05) is 6.92 Å². The first kappa shape index (κ1) is 13.8. The number of aromatic nitrogens is 1. The standard InChI is InChI=1S/C14H21N3O2/c1-3-6-16-7-9-17(10-8-16)13-12(14(18)19)11(2)4-5-15-13/h4-5H,3,6-10H2,1-2H3,(H,18,19). The third-order valence-electron chi connectivity index (χ3n) is 3.56. The Balaban J connectivity index is 2.15. The molecule has 104 valence electrons. The van der Waals surface area contributed by atoms with Gasteiger partial charge in [-0.3, -0.25) is 4.90 Å². The van der Waals surface area contributed by atoms with Crippen molar-refractivity contribution in [1.82, 2.24) is 9.88 Å². The molecular weight excluding hydrogens is 242 g/mol. The van der Waals surface area contributed by atoms with E-state index in [1.807, 2.05) is 6.92 Å². The van der Waals surface area contributed by atoms with Crippen LogP contribution in [0.25, 0.3) is 0 Å². The molecule has 0 bridgehead atoms. The van der Waals surface area contributed by atoms with Gasteiger partial charge in [0.15, 0.2) is 0 Å². The molecule has 19 heavy (non-hydrogen) atoms. The molecule has 1 aromatic heterocycles. The van der Waals surface area contributed by atoms with Crippen molar-refractivity contribution < 1.29 is 9.90 Å². The molecule has 0 atom stereocenters. The van der Waals surface area contributed by atoms with Gasteiger partial charge in [-0.25, -0.2) is 9.78 Å². The molecule has 2 heterocycles. The van der Waals surface area contributed by atoms with Crippen LogP contribution in [-0.4, -0.2) is 53.7 Å². The number of carboxylic acid groups (broad SMARTS) is 1. The largest absolute Gasteiger partial charge is 0.478 e. The zero-order valence-corrected chi connectivity index (χ0v) is 11.6. The zero-order chi connectivity index (χ0) is 13.8. The van der Waals surface area contributed by atoms with Crippen LogP contribution < -0.4 is 4.90 Å². The normalized spacial score (nSPS) is 16.6. The highest BCUT2D eigenvalue weighted by molar-refractivity contribution is 5.95. The lowest BCUT2D eigenvalue weighted by Crippen LogP contribution is -2.47. The van der Waals surface area contributed by atoms with E-state index >= 15 is 0 Å². The number of carboxylic acids is 1. The lowest BCUT2D eigenvalue weighted by molar-refractivity contribution is 0.0696. The van der Waals surface area contributed by atoms with Gasteiger partial charge in [0.1, 0.15) is 11.4 Å². The molecule has 0 aliphatic carbocycles. The van der Waals surface area contributed by atoms with E-state index in [0.717, 1.165) is 44.7 Å². The first-order valence-electron chi connectivity index (χ1n) is 6.79. The maximum Gasteiger partial charge on any atom is 0.339 e. The number of carbonyl (C=O) groups is 1. The smallest absolute Gasteiger partial charge is 0.339 e. The fraction of sp³-hybridized carbons (Fsp3) is 0.571. The molecule has 0 aromatic carbocycles. The third kappa shape index (κ3) is 3.04. The zero-order valence-electron chi connectivity index (χ0n) is 11.6. The summed E-state index contributed by atoms with van der Waals surface area (Å²) < 4.78 is 0. The molecule has 2 rings (SSSR count). The molecule has 1 N–H and O–H groups in total. The molecule has 1 aromatic rings. The second-order valence-corrected chi connectivity index (χ2v) is 4.96. The highest BCUT2D eigenvalue weighted by Gasteiger charge is 2.23. The van der Waals surface area contributed by atoms with Crippen LogP contribution in [0.15, 0.2) is 12.3 Å². The van der Waals surface area contributed by atoms with Crippen LogP contribution in [0.3, 0.4) is 0 Å². The second-order valence-electron chi connectivity index (χ2n) is 4.96. The lowest BCUT2D eigenvalue weighted by Gasteiger charge is -2.35. The first-order chi connectivity index (χ1) is 9.13. The minimum absolute atomic E-state index is 0.339. The average Bonchev–Trinajstić information content (AvgIpc) is 2.39. The van der Waals surface area contributed by atoms with Crippen LogP contribution >= 0.6 is 0 Å². The minimum Gasteiger partial charge on any atom is -0.478 e. The Morgan fingerprint density at radius 3 is 2.63 bits per heavy atom. The van der Waals surface area contributed by atoms with Crippen LogP contribution in [0.1, 0.15) is 29.3 Å². The van der Waals surface area contributed by atoms with Gasteiger partial charge >= 0.3 is 5.97 Å². The number of aromatic carboxylic acids is 1. The maximum atomic E-state index is 11.4. The molecule has 1 aliphatic rings. The summed E-state index contributed by atoms with van der Waals surface area (Å²) in [6.07, 6.45) is 2.85. The highest BCUT2D eigenvalue weighted by atomic mass is 16.4. The van der Waals surface area contributed by atoms with Crippen molar-refractivity contribution >= 4 is 11.8 Å². The Morgan fingerprint density at radius 1 is 1.37 bits per heavy atom. The Bertz CT molecular complexity index is 454. The molecule has 5 nitrogen and oxygen atoms in total. The Kier molecular flexibility index (Phi) is 4.37. The van der Waals surface area contributed by atoms with Crippen molar-refractivity contribution in [2.75, 3.05) is 37.6 Å². The van der Waals surface area contributed by atoms with Crippen LogP contribution in [0.5, 0.6) is 0 Å². The SMILES string of the molecule is CCCN1CCN(c2nccc(C)c2C(=O)O)CC1. The number of piperazine rings is 1. The quantitative estimate of drug-likeness (QED) is 0.894. The Hall–Kier alpha value is -1.62. The van der Waals surface area contributed by atoms with Gasteiger partial charge in [0, 0.05) is 32.4 Å². The van der Waals surface area contributed by atoms with Crippen LogP contribution in [0.4, 0.5) is 5.82 Å². The Morgan fingerprint density at radius 2 is 2.05 bits per heavy atom. The summed E-state index contributed by atoms with van der Waals surface area (Å²) in [4.78, 5) is 20.2. The molecule has 1 fully saturated rings. The van der Waals surface area contributed by atoms with Crippen molar-refractivity contribution in [1.29, 1.82) is 0 Å². The van der Waals surface area contributed by atoms with E-state index in [2.05, 4.69) is 21.7 Å². The lowest BCUT2D eigenvalue weighted by atomic mass is 10.1. The van der Waals surface area contributed by atoms with Gasteiger partial charge < -0.3 is 10.0 Å². The monoisotopic (exact) mass is 263 g/mol. The van der Waals surface area contributed by atoms with Gasteiger partial charge in [0.05, 0.1) is 0 Å². The summed E-state index contributed by atoms with van der Waals surface area (Å²) in [7, 11) is 0. The summed E-state index contributed by atoms with van der Waals surface area (Å²) >= 11 is 0. The van der Waals surface area contributed by atoms with Crippen molar-refractivity contribution in [3.8, 4) is 0 Å². The third-order valence-corrected chi connectivity index (χ3v) is 3.56. The fourth-order valence-corrected chi connectivity index (χ4v) is 2.55. The number of hydrogen-bond acceptors (Lipinski definition) is 4. The number of aryl methyl sites for hydroxylation is 1. The molecule has 1 saturated heterocycles. The van der Waals surface area contributed by atoms with E-state index in [1.165, 1.54) is 0 Å². The van der Waals surface area contributed by atoms with E-state index in [4.69, 9.17) is 0 Å². The fourth-order valence-electron chi connectivity index (χ4n) is 2.55. The predicted octanol–water partition coefficient (Wildman–Crippen LogP) is 1.62. The topological polar surface area (TPSA) is 56.7 Å². The van der Waals surface area contributed by atoms with E-state index < -0.39 is 5.97 Å². The molecule has 0 spiro atoms. The van der Waals surface area contributed by atoms with Crippen molar-refractivity contribution in [3.63, 3.8) is 0 Å². The Labute approximate surface area is 113 Å². The summed E-state index contributed by atoms with van der Waals surface area (Å²) in [5.41, 5.74) is 1.11. The summed E-state index contributed by atoms with van der Waals surface area (Å²) in [5, 5.41) is 9.34. The summed E-state index contributed by atoms with van der Waals surface area (Å²) in [5.74, 6) is -0.278. The predicted molar refractivity (Wildman–Crippen MR) is 74.9 cm³/mol. The molecule has 0 unspecified atom stereocenters. The maximum absolute atomic E-state index is 11.4. The van der Waals surface area contributed by atoms with Gasteiger partial charge in [0.25, 0.3) is 0 Å². The van der Waals surface area contributed by atoms with E-state index in [-0.39, 0.29) is 0 Å². The van der Waals surface area contributed by atoms with E-state index in [9.17, 15) is 9.90 Å². The van der Waals surface area contributed by atoms with Crippen molar-refractivity contribution in [2.45, 2.75) is 20.3 Å². The van der Waals surface area contributed by atoms with Crippen LogP contribution in [-0.2, 0) is 0 Å². The van der Waals surface area contributed by atoms with Crippen molar-refractivity contribution in [3.05, 3.63) is 23.4 Å². The molecule has 1 aliphatic heterocycles. The molecular formula is C14H21N3O2. The number of rotatable bonds is 4. The summed E-state index contributed by atoms with van der Waals surface area (Å²) in [6, 6.07) is 1.75. The molecule has 0 saturated carbocycles. The minimum atomic E-state index is -0.892. The molecule has 0 radical (unpaired) electrons. The van der Waals surface area contributed by atoms with Gasteiger partial charge in [-0.15, -0.1) is 0 Å². The van der Waals surface area contributed by atoms with Gasteiger partial charge in [0.2, 0.25) is 0 Å². The second kappa shape index (κ2) is 6.02. The number of nitrogens with zero attached hydrogens (tertiary/aromatic N) is 3. The average molecular weight is 263 g/mol. The van der Waals surface area contributed by atoms with Crippen LogP contribution in [0, 0.1) is 6.92 Å². The van der Waals surface area contributed by atoms with Crippen LogP contribution in [0.2, 0.25) is 0 Å².